The Balaban J connectivity index is 2.47. The van der Waals surface area contributed by atoms with E-state index in [1.165, 1.54) is 0 Å². The van der Waals surface area contributed by atoms with E-state index in [9.17, 15) is 30.2 Å². The molecule has 0 amide bonds. The quantitative estimate of drug-likeness (QED) is 0.572. The molecule has 24 heavy (non-hydrogen) atoms. The molecule has 0 saturated carbocycles. The lowest BCUT2D eigenvalue weighted by Crippen LogP contribution is -2.16. The van der Waals surface area contributed by atoms with Gasteiger partial charge >= 0.3 is 11.7 Å². The molecule has 0 bridgehead atoms. The van der Waals surface area contributed by atoms with Crippen molar-refractivity contribution in [2.45, 2.75) is 26.2 Å². The summed E-state index contributed by atoms with van der Waals surface area (Å²) in [5, 5.41) is 39.9. The molecule has 0 aliphatic rings. The molecule has 0 aromatic heterocycles. The van der Waals surface area contributed by atoms with E-state index >= 15 is 0 Å². The predicted octanol–water partition coefficient (Wildman–Crippen LogP) is 3.03. The van der Waals surface area contributed by atoms with Crippen molar-refractivity contribution in [3.63, 3.8) is 0 Å². The monoisotopic (exact) mass is 331 g/mol. The van der Waals surface area contributed by atoms with E-state index in [2.05, 4.69) is 0 Å². The number of carbonyl (C=O) groups is 1. The van der Waals surface area contributed by atoms with Gasteiger partial charge in [-0.25, -0.2) is 0 Å². The van der Waals surface area contributed by atoms with Crippen molar-refractivity contribution in [1.29, 1.82) is 0 Å². The average Bonchev–Trinajstić information content (AvgIpc) is 2.46. The number of phenolic OH excluding ortho intramolecular Hbond substituents is 2. The van der Waals surface area contributed by atoms with E-state index in [-0.39, 0.29) is 17.7 Å². The van der Waals surface area contributed by atoms with Gasteiger partial charge in [0.15, 0.2) is 5.75 Å². The Morgan fingerprint density at radius 2 is 1.83 bits per heavy atom. The van der Waals surface area contributed by atoms with E-state index in [4.69, 9.17) is 0 Å². The van der Waals surface area contributed by atoms with Gasteiger partial charge in [0, 0.05) is 17.7 Å². The normalized spacial score (nSPS) is 11.9. The first kappa shape index (κ1) is 17.3. The summed E-state index contributed by atoms with van der Waals surface area (Å²) in [4.78, 5) is 21.8. The van der Waals surface area contributed by atoms with Crippen molar-refractivity contribution >= 4 is 11.7 Å². The summed E-state index contributed by atoms with van der Waals surface area (Å²) < 4.78 is 0. The summed E-state index contributed by atoms with van der Waals surface area (Å²) >= 11 is 0. The zero-order valence-corrected chi connectivity index (χ0v) is 13.2. The highest BCUT2D eigenvalue weighted by atomic mass is 16.6. The lowest BCUT2D eigenvalue weighted by atomic mass is 9.88. The zero-order valence-electron chi connectivity index (χ0n) is 13.2. The van der Waals surface area contributed by atoms with E-state index < -0.39 is 28.2 Å². The van der Waals surface area contributed by atoms with Gasteiger partial charge < -0.3 is 15.3 Å². The van der Waals surface area contributed by atoms with Crippen LogP contribution in [-0.4, -0.2) is 26.2 Å². The minimum atomic E-state index is -1.10. The van der Waals surface area contributed by atoms with Crippen LogP contribution in [0.25, 0.3) is 0 Å². The molecule has 7 nitrogen and oxygen atoms in total. The molecule has 0 radical (unpaired) electrons. The molecule has 0 spiro atoms. The van der Waals surface area contributed by atoms with Crippen LogP contribution in [0, 0.1) is 24.0 Å². The van der Waals surface area contributed by atoms with Gasteiger partial charge in [-0.2, -0.15) is 0 Å². The second-order valence-corrected chi connectivity index (χ2v) is 5.68. The van der Waals surface area contributed by atoms with E-state index in [1.54, 1.807) is 19.1 Å². The Morgan fingerprint density at radius 1 is 1.17 bits per heavy atom. The molecular formula is C17H17NO6. The molecule has 2 aromatic rings. The molecule has 3 N–H and O–H groups in total. The van der Waals surface area contributed by atoms with Crippen LogP contribution >= 0.6 is 0 Å². The summed E-state index contributed by atoms with van der Waals surface area (Å²) in [6, 6.07) is 7.20. The molecule has 1 unspecified atom stereocenters. The van der Waals surface area contributed by atoms with Crippen molar-refractivity contribution in [1.82, 2.24) is 0 Å². The van der Waals surface area contributed by atoms with Crippen molar-refractivity contribution in [2.24, 2.45) is 0 Å². The minimum absolute atomic E-state index is 0.0897. The van der Waals surface area contributed by atoms with Crippen LogP contribution in [-0.2, 0) is 11.2 Å². The Kier molecular flexibility index (Phi) is 4.73. The molecule has 0 aliphatic heterocycles. The predicted molar refractivity (Wildman–Crippen MR) is 86.4 cm³/mol. The Hall–Kier alpha value is -3.09. The topological polar surface area (TPSA) is 121 Å². The van der Waals surface area contributed by atoms with Gasteiger partial charge in [-0.15, -0.1) is 0 Å². The third-order valence-electron chi connectivity index (χ3n) is 3.90. The number of carboxylic acids is 1. The third-order valence-corrected chi connectivity index (χ3v) is 3.90. The van der Waals surface area contributed by atoms with Gasteiger partial charge in [-0.1, -0.05) is 23.8 Å². The number of nitrogens with zero attached hydrogens (tertiary/aromatic N) is 1. The molecule has 7 heteroatoms. The Morgan fingerprint density at radius 3 is 2.38 bits per heavy atom. The van der Waals surface area contributed by atoms with Gasteiger partial charge in [-0.3, -0.25) is 14.9 Å². The Bertz CT molecular complexity index is 815. The van der Waals surface area contributed by atoms with Crippen LogP contribution in [0.15, 0.2) is 30.3 Å². The van der Waals surface area contributed by atoms with Crippen molar-refractivity contribution in [2.75, 3.05) is 0 Å². The van der Waals surface area contributed by atoms with Crippen LogP contribution in [0.3, 0.4) is 0 Å². The summed E-state index contributed by atoms with van der Waals surface area (Å²) in [7, 11) is 0. The number of aromatic hydroxyl groups is 2. The first-order valence-electron chi connectivity index (χ1n) is 7.20. The number of aryl methyl sites for hydroxylation is 2. The van der Waals surface area contributed by atoms with Crippen LogP contribution in [0.4, 0.5) is 5.69 Å². The fourth-order valence-corrected chi connectivity index (χ4v) is 2.69. The molecule has 0 saturated heterocycles. The molecule has 2 rings (SSSR count). The summed E-state index contributed by atoms with van der Waals surface area (Å²) in [5.74, 6) is -3.12. The molecular weight excluding hydrogens is 314 g/mol. The number of nitro groups is 1. The van der Waals surface area contributed by atoms with E-state index in [1.807, 2.05) is 13.0 Å². The molecule has 126 valence electrons. The second-order valence-electron chi connectivity index (χ2n) is 5.68. The van der Waals surface area contributed by atoms with Crippen molar-refractivity contribution in [3.8, 4) is 11.5 Å². The van der Waals surface area contributed by atoms with Gasteiger partial charge in [0.25, 0.3) is 0 Å². The highest BCUT2D eigenvalue weighted by molar-refractivity contribution is 5.77. The fraction of sp³-hybridized carbons (Fsp3) is 0.235. The van der Waals surface area contributed by atoms with Crippen molar-refractivity contribution in [3.05, 3.63) is 62.7 Å². The maximum atomic E-state index is 11.7. The first-order chi connectivity index (χ1) is 11.2. The molecule has 0 heterocycles. The minimum Gasteiger partial charge on any atom is -0.508 e. The summed E-state index contributed by atoms with van der Waals surface area (Å²) in [6.07, 6.45) is -0.133. The van der Waals surface area contributed by atoms with Crippen LogP contribution in [0.2, 0.25) is 0 Å². The Labute approximate surface area is 138 Å². The number of hydrogen-bond donors (Lipinski definition) is 3. The maximum Gasteiger partial charge on any atom is 0.311 e. The van der Waals surface area contributed by atoms with Gasteiger partial charge in [-0.05, 0) is 31.4 Å². The highest BCUT2D eigenvalue weighted by Gasteiger charge is 2.26. The third kappa shape index (κ3) is 3.45. The standard InChI is InChI=1S/C17H17NO6/c1-9-3-4-12(10(2)5-9)13(17(21)22)6-11-7-14(18(23)24)16(20)8-15(11)19/h3-5,7-8,13,19-20H,6H2,1-2H3,(H,21,22). The number of hydrogen-bond acceptors (Lipinski definition) is 5. The average molecular weight is 331 g/mol. The zero-order chi connectivity index (χ0) is 18.0. The lowest BCUT2D eigenvalue weighted by Gasteiger charge is -2.17. The molecule has 1 atom stereocenters. The van der Waals surface area contributed by atoms with Crippen LogP contribution in [0.5, 0.6) is 11.5 Å². The number of benzene rings is 2. The largest absolute Gasteiger partial charge is 0.508 e. The van der Waals surface area contributed by atoms with Crippen LogP contribution in [0.1, 0.15) is 28.2 Å². The summed E-state index contributed by atoms with van der Waals surface area (Å²) in [5.41, 5.74) is 1.86. The molecule has 0 aliphatic carbocycles. The lowest BCUT2D eigenvalue weighted by molar-refractivity contribution is -0.385. The number of nitro benzene ring substituents is 1. The second kappa shape index (κ2) is 6.57. The van der Waals surface area contributed by atoms with Gasteiger partial charge in [0.2, 0.25) is 0 Å². The van der Waals surface area contributed by atoms with E-state index in [0.717, 1.165) is 23.3 Å². The van der Waals surface area contributed by atoms with Gasteiger partial charge in [0.1, 0.15) is 5.75 Å². The van der Waals surface area contributed by atoms with Crippen molar-refractivity contribution < 1.29 is 25.0 Å². The van der Waals surface area contributed by atoms with E-state index in [0.29, 0.717) is 5.56 Å². The molecule has 0 fully saturated rings. The van der Waals surface area contributed by atoms with Gasteiger partial charge in [0.05, 0.1) is 10.8 Å². The number of aliphatic carboxylic acids is 1. The number of carboxylic acid groups (broad SMARTS) is 1. The SMILES string of the molecule is Cc1ccc(C(Cc2cc([N+](=O)[O-])c(O)cc2O)C(=O)O)c(C)c1. The smallest absolute Gasteiger partial charge is 0.311 e. The number of phenols is 2. The molecule has 2 aromatic carbocycles. The fourth-order valence-electron chi connectivity index (χ4n) is 2.69. The maximum absolute atomic E-state index is 11.7. The number of rotatable bonds is 5. The first-order valence-corrected chi connectivity index (χ1v) is 7.20. The highest BCUT2D eigenvalue weighted by Crippen LogP contribution is 2.36. The summed E-state index contributed by atoms with van der Waals surface area (Å²) in [6.45, 7) is 3.68. The van der Waals surface area contributed by atoms with Crippen LogP contribution < -0.4 is 0 Å².